The summed E-state index contributed by atoms with van der Waals surface area (Å²) < 4.78 is 5.55. The lowest BCUT2D eigenvalue weighted by Crippen LogP contribution is -2.32. The van der Waals surface area contributed by atoms with E-state index in [0.29, 0.717) is 19.6 Å². The summed E-state index contributed by atoms with van der Waals surface area (Å²) >= 11 is 0. The molecule has 0 fully saturated rings. The van der Waals surface area contributed by atoms with Crippen molar-refractivity contribution >= 4 is 5.91 Å². The average molecular weight is 284 g/mol. The highest BCUT2D eigenvalue weighted by atomic mass is 16.6. The van der Waals surface area contributed by atoms with Gasteiger partial charge in [-0.15, -0.1) is 0 Å². The SMILES string of the molecule is O=C(NOCc1cccnc1)C1CCOc2ccccc21. The summed E-state index contributed by atoms with van der Waals surface area (Å²) in [6.45, 7) is 0.835. The van der Waals surface area contributed by atoms with Crippen LogP contribution in [-0.4, -0.2) is 17.5 Å². The van der Waals surface area contributed by atoms with Crippen molar-refractivity contribution in [3.8, 4) is 5.75 Å². The molecule has 0 spiro atoms. The summed E-state index contributed by atoms with van der Waals surface area (Å²) in [6, 6.07) is 11.3. The summed E-state index contributed by atoms with van der Waals surface area (Å²) in [5.74, 6) is 0.398. The molecule has 108 valence electrons. The highest BCUT2D eigenvalue weighted by Crippen LogP contribution is 2.33. The van der Waals surface area contributed by atoms with Crippen LogP contribution in [-0.2, 0) is 16.2 Å². The maximum absolute atomic E-state index is 12.2. The van der Waals surface area contributed by atoms with Crippen molar-refractivity contribution in [3.05, 3.63) is 59.9 Å². The number of pyridine rings is 1. The average Bonchev–Trinajstić information content (AvgIpc) is 2.55. The van der Waals surface area contributed by atoms with Crippen LogP contribution in [0.15, 0.2) is 48.8 Å². The molecular weight excluding hydrogens is 268 g/mol. The van der Waals surface area contributed by atoms with E-state index >= 15 is 0 Å². The van der Waals surface area contributed by atoms with E-state index < -0.39 is 0 Å². The lowest BCUT2D eigenvalue weighted by Gasteiger charge is -2.24. The molecule has 1 aromatic heterocycles. The molecule has 5 heteroatoms. The molecular formula is C16H16N2O3. The fraction of sp³-hybridized carbons (Fsp3) is 0.250. The minimum absolute atomic E-state index is 0.144. The van der Waals surface area contributed by atoms with Crippen LogP contribution in [0.2, 0.25) is 0 Å². The Balaban J connectivity index is 1.59. The van der Waals surface area contributed by atoms with Crippen molar-refractivity contribution in [2.45, 2.75) is 18.9 Å². The van der Waals surface area contributed by atoms with Crippen molar-refractivity contribution in [2.24, 2.45) is 0 Å². The number of rotatable bonds is 4. The number of hydroxylamine groups is 1. The van der Waals surface area contributed by atoms with Crippen LogP contribution in [0, 0.1) is 0 Å². The third-order valence-corrected chi connectivity index (χ3v) is 3.41. The molecule has 5 nitrogen and oxygen atoms in total. The van der Waals surface area contributed by atoms with Crippen LogP contribution in [0.4, 0.5) is 0 Å². The topological polar surface area (TPSA) is 60.5 Å². The first-order valence-electron chi connectivity index (χ1n) is 6.87. The van der Waals surface area contributed by atoms with E-state index in [4.69, 9.17) is 9.57 Å². The number of amides is 1. The fourth-order valence-corrected chi connectivity index (χ4v) is 2.36. The molecule has 2 aromatic rings. The first-order valence-corrected chi connectivity index (χ1v) is 6.87. The van der Waals surface area contributed by atoms with Crippen molar-refractivity contribution in [1.82, 2.24) is 10.5 Å². The predicted molar refractivity (Wildman–Crippen MR) is 76.5 cm³/mol. The van der Waals surface area contributed by atoms with Crippen LogP contribution in [0.25, 0.3) is 0 Å². The highest BCUT2D eigenvalue weighted by molar-refractivity contribution is 5.83. The molecule has 2 heterocycles. The Morgan fingerprint density at radius 2 is 2.24 bits per heavy atom. The highest BCUT2D eigenvalue weighted by Gasteiger charge is 2.27. The number of ether oxygens (including phenoxy) is 1. The molecule has 1 N–H and O–H groups in total. The Bertz CT molecular complexity index is 616. The third-order valence-electron chi connectivity index (χ3n) is 3.41. The van der Waals surface area contributed by atoms with Gasteiger partial charge in [0.25, 0.3) is 5.91 Å². The lowest BCUT2D eigenvalue weighted by molar-refractivity contribution is -0.136. The third kappa shape index (κ3) is 3.20. The first kappa shape index (κ1) is 13.6. The monoisotopic (exact) mass is 284 g/mol. The van der Waals surface area contributed by atoms with E-state index in [1.165, 1.54) is 0 Å². The molecule has 1 aliphatic heterocycles. The quantitative estimate of drug-likeness (QED) is 0.874. The number of para-hydroxylation sites is 1. The summed E-state index contributed by atoms with van der Waals surface area (Å²) in [5.41, 5.74) is 4.34. The molecule has 0 saturated carbocycles. The van der Waals surface area contributed by atoms with Gasteiger partial charge in [0, 0.05) is 18.0 Å². The number of benzene rings is 1. The number of carbonyl (C=O) groups is 1. The van der Waals surface area contributed by atoms with Gasteiger partial charge in [-0.05, 0) is 24.1 Å². The number of fused-ring (bicyclic) bond motifs is 1. The maximum Gasteiger partial charge on any atom is 0.251 e. The van der Waals surface area contributed by atoms with Gasteiger partial charge in [-0.25, -0.2) is 5.48 Å². The molecule has 0 radical (unpaired) electrons. The second kappa shape index (κ2) is 6.37. The Kier molecular flexibility index (Phi) is 4.12. The zero-order valence-corrected chi connectivity index (χ0v) is 11.5. The Morgan fingerprint density at radius 1 is 1.33 bits per heavy atom. The molecule has 1 atom stereocenters. The van der Waals surface area contributed by atoms with Crippen LogP contribution in [0.1, 0.15) is 23.5 Å². The van der Waals surface area contributed by atoms with Gasteiger partial charge < -0.3 is 4.74 Å². The number of hydrogen-bond donors (Lipinski definition) is 1. The Morgan fingerprint density at radius 3 is 3.10 bits per heavy atom. The largest absolute Gasteiger partial charge is 0.493 e. The number of hydrogen-bond acceptors (Lipinski definition) is 4. The van der Waals surface area contributed by atoms with Crippen molar-refractivity contribution < 1.29 is 14.4 Å². The molecule has 0 saturated heterocycles. The van der Waals surface area contributed by atoms with Crippen molar-refractivity contribution in [1.29, 1.82) is 0 Å². The number of nitrogens with one attached hydrogen (secondary N) is 1. The number of carbonyl (C=O) groups excluding carboxylic acids is 1. The van der Waals surface area contributed by atoms with Crippen LogP contribution >= 0.6 is 0 Å². The number of nitrogens with zero attached hydrogens (tertiary/aromatic N) is 1. The van der Waals surface area contributed by atoms with Gasteiger partial charge in [-0.3, -0.25) is 14.6 Å². The molecule has 3 rings (SSSR count). The zero-order chi connectivity index (χ0) is 14.5. The Labute approximate surface area is 122 Å². The van der Waals surface area contributed by atoms with E-state index in [1.807, 2.05) is 36.4 Å². The van der Waals surface area contributed by atoms with Gasteiger partial charge in [0.05, 0.1) is 12.5 Å². The minimum Gasteiger partial charge on any atom is -0.493 e. The smallest absolute Gasteiger partial charge is 0.251 e. The van der Waals surface area contributed by atoms with E-state index in [1.54, 1.807) is 12.4 Å². The van der Waals surface area contributed by atoms with Crippen LogP contribution in [0.3, 0.4) is 0 Å². The van der Waals surface area contributed by atoms with Crippen molar-refractivity contribution in [3.63, 3.8) is 0 Å². The van der Waals surface area contributed by atoms with Crippen LogP contribution < -0.4 is 10.2 Å². The first-order chi connectivity index (χ1) is 10.3. The second-order valence-corrected chi connectivity index (χ2v) is 4.84. The molecule has 1 aromatic carbocycles. The molecule has 0 bridgehead atoms. The van der Waals surface area contributed by atoms with Gasteiger partial charge in [0.15, 0.2) is 0 Å². The fourth-order valence-electron chi connectivity index (χ4n) is 2.36. The van der Waals surface area contributed by atoms with E-state index in [2.05, 4.69) is 10.5 Å². The van der Waals surface area contributed by atoms with Gasteiger partial charge in [-0.2, -0.15) is 0 Å². The summed E-state index contributed by atoms with van der Waals surface area (Å²) in [6.07, 6.45) is 4.05. The van der Waals surface area contributed by atoms with Gasteiger partial charge in [0.1, 0.15) is 12.4 Å². The Hall–Kier alpha value is -2.40. The second-order valence-electron chi connectivity index (χ2n) is 4.84. The molecule has 21 heavy (non-hydrogen) atoms. The standard InChI is InChI=1S/C16H16N2O3/c19-16(18-21-11-12-4-3-8-17-10-12)14-7-9-20-15-6-2-1-5-13(14)15/h1-6,8,10,14H,7,9,11H2,(H,18,19). The summed E-state index contributed by atoms with van der Waals surface area (Å²) in [4.78, 5) is 21.5. The normalized spacial score (nSPS) is 16.7. The number of aromatic nitrogens is 1. The van der Waals surface area contributed by atoms with E-state index in [-0.39, 0.29) is 11.8 Å². The zero-order valence-electron chi connectivity index (χ0n) is 11.5. The van der Waals surface area contributed by atoms with Crippen molar-refractivity contribution in [2.75, 3.05) is 6.61 Å². The predicted octanol–water partition coefficient (Wildman–Crippen LogP) is 2.20. The molecule has 1 unspecified atom stereocenters. The van der Waals surface area contributed by atoms with E-state index in [9.17, 15) is 4.79 Å². The maximum atomic E-state index is 12.2. The summed E-state index contributed by atoms with van der Waals surface area (Å²) in [7, 11) is 0. The van der Waals surface area contributed by atoms with Gasteiger partial charge in [-0.1, -0.05) is 24.3 Å². The van der Waals surface area contributed by atoms with Crippen LogP contribution in [0.5, 0.6) is 5.75 Å². The molecule has 1 amide bonds. The summed E-state index contributed by atoms with van der Waals surface area (Å²) in [5, 5.41) is 0. The molecule has 0 aliphatic carbocycles. The van der Waals surface area contributed by atoms with E-state index in [0.717, 1.165) is 16.9 Å². The lowest BCUT2D eigenvalue weighted by atomic mass is 9.93. The van der Waals surface area contributed by atoms with Gasteiger partial charge in [0.2, 0.25) is 0 Å². The minimum atomic E-state index is -0.233. The molecule has 1 aliphatic rings. The van der Waals surface area contributed by atoms with Gasteiger partial charge >= 0.3 is 0 Å².